The van der Waals surface area contributed by atoms with Crippen LogP contribution in [0.15, 0.2) is 0 Å². The molecule has 0 aliphatic heterocycles. The molecule has 0 radical (unpaired) electrons. The fraction of sp³-hybridized carbons (Fsp3) is 0.952. The molecule has 3 N–H and O–H groups in total. The van der Waals surface area contributed by atoms with Gasteiger partial charge in [-0.2, -0.15) is 0 Å². The van der Waals surface area contributed by atoms with E-state index in [1.165, 1.54) is 238 Å². The summed E-state index contributed by atoms with van der Waals surface area (Å²) in [6, 6.07) is 0. The lowest BCUT2D eigenvalue weighted by Gasteiger charge is -2.21. The van der Waals surface area contributed by atoms with E-state index in [1.807, 2.05) is 0 Å². The van der Waals surface area contributed by atoms with E-state index in [1.54, 1.807) is 0 Å². The Morgan fingerprint density at radius 3 is 0.667 bits per heavy atom. The Hall–Kier alpha value is -1.94. The fourth-order valence-electron chi connectivity index (χ4n) is 12.8. The molecular weight excluding hydrogens is 1330 g/mol. The van der Waals surface area contributed by atoms with Gasteiger partial charge in [-0.05, 0) is 43.4 Å². The van der Waals surface area contributed by atoms with Crippen molar-refractivity contribution >= 4 is 39.5 Å². The minimum absolute atomic E-state index is 0.107. The van der Waals surface area contributed by atoms with Crippen LogP contribution in [0.1, 0.15) is 434 Å². The van der Waals surface area contributed by atoms with Gasteiger partial charge in [-0.15, -0.1) is 0 Å². The molecule has 0 aromatic rings. The first-order valence-corrected chi connectivity index (χ1v) is 45.8. The Morgan fingerprint density at radius 2 is 0.451 bits per heavy atom. The number of ether oxygens (including phenoxy) is 4. The zero-order valence-electron chi connectivity index (χ0n) is 67.1. The van der Waals surface area contributed by atoms with Crippen molar-refractivity contribution < 1.29 is 80.2 Å². The zero-order valence-corrected chi connectivity index (χ0v) is 68.9. The third-order valence-electron chi connectivity index (χ3n) is 19.4. The van der Waals surface area contributed by atoms with Gasteiger partial charge in [0.2, 0.25) is 0 Å². The van der Waals surface area contributed by atoms with E-state index >= 15 is 0 Å². The van der Waals surface area contributed by atoms with Crippen LogP contribution in [0.25, 0.3) is 0 Å². The summed E-state index contributed by atoms with van der Waals surface area (Å²) in [6.07, 6.45) is 62.7. The molecule has 0 heterocycles. The Bertz CT molecular complexity index is 1970. The third-order valence-corrected chi connectivity index (χ3v) is 21.3. The van der Waals surface area contributed by atoms with Gasteiger partial charge in [0.1, 0.15) is 19.3 Å². The van der Waals surface area contributed by atoms with E-state index in [9.17, 15) is 43.2 Å². The standard InChI is InChI=1S/C83H162O17P2/c1-8-9-10-11-12-13-14-25-33-38-43-52-59-66-83(88)100-79(71-94-81(86)65-58-51-46-45-49-56-63-76(6)7)73-98-102(91,92)96-69-77(84)68-95-101(89,90)97-72-78(70-93-80(85)64-57-50-42-37-32-28-23-20-19-22-27-31-36-41-48-55-62-75(4)5)99-82(87)67-60-53-44-39-34-29-24-18-16-15-17-21-26-30-35-40-47-54-61-74(2)3/h74-79,84H,8-73H2,1-7H3,(H,89,90)(H,91,92)/t77-,78-,79-/m1/s1. The van der Waals surface area contributed by atoms with Crippen LogP contribution in [-0.2, 0) is 65.4 Å². The largest absolute Gasteiger partial charge is 0.472 e. The van der Waals surface area contributed by atoms with Crippen LogP contribution in [0.3, 0.4) is 0 Å². The van der Waals surface area contributed by atoms with Gasteiger partial charge >= 0.3 is 39.5 Å². The van der Waals surface area contributed by atoms with Crippen molar-refractivity contribution in [2.45, 2.75) is 452 Å². The maximum atomic E-state index is 13.1. The smallest absolute Gasteiger partial charge is 0.462 e. The Labute approximate surface area is 626 Å². The SMILES string of the molecule is CCCCCCCCCCCCCCCC(=O)O[C@H](COC(=O)CCCCCCCCC(C)C)COP(=O)(O)OC[C@H](O)COP(=O)(O)OC[C@@H](COC(=O)CCCCCCCCCCCCCCCCCCC(C)C)OC(=O)CCCCCCCCCCCCCCCCCCCCC(C)C. The van der Waals surface area contributed by atoms with Crippen molar-refractivity contribution in [1.82, 2.24) is 0 Å². The Morgan fingerprint density at radius 1 is 0.265 bits per heavy atom. The number of carbonyl (C=O) groups excluding carboxylic acids is 4. The number of hydrogen-bond acceptors (Lipinski definition) is 15. The molecule has 0 saturated heterocycles. The Balaban J connectivity index is 5.20. The number of aliphatic hydroxyl groups excluding tert-OH is 1. The summed E-state index contributed by atoms with van der Waals surface area (Å²) in [7, 11) is -9.92. The maximum Gasteiger partial charge on any atom is 0.472 e. The lowest BCUT2D eigenvalue weighted by molar-refractivity contribution is -0.161. The van der Waals surface area contributed by atoms with Crippen molar-refractivity contribution in [1.29, 1.82) is 0 Å². The number of phosphoric acid groups is 2. The topological polar surface area (TPSA) is 237 Å². The van der Waals surface area contributed by atoms with Gasteiger partial charge in [0, 0.05) is 25.7 Å². The number of rotatable bonds is 81. The van der Waals surface area contributed by atoms with Crippen LogP contribution >= 0.6 is 15.6 Å². The molecule has 0 amide bonds. The van der Waals surface area contributed by atoms with Gasteiger partial charge in [0.15, 0.2) is 12.2 Å². The summed E-state index contributed by atoms with van der Waals surface area (Å²) in [5, 5.41) is 10.6. The van der Waals surface area contributed by atoms with Gasteiger partial charge in [-0.1, -0.05) is 382 Å². The van der Waals surface area contributed by atoms with E-state index in [-0.39, 0.29) is 25.7 Å². The molecule has 19 heteroatoms. The summed E-state index contributed by atoms with van der Waals surface area (Å²) >= 11 is 0. The second-order valence-electron chi connectivity index (χ2n) is 31.3. The molecule has 0 rings (SSSR count). The molecule has 0 fully saturated rings. The fourth-order valence-corrected chi connectivity index (χ4v) is 14.4. The third kappa shape index (κ3) is 76.3. The van der Waals surface area contributed by atoms with Crippen LogP contribution < -0.4 is 0 Å². The summed E-state index contributed by atoms with van der Waals surface area (Å²) in [4.78, 5) is 73.0. The zero-order chi connectivity index (χ0) is 75.1. The van der Waals surface area contributed by atoms with Crippen molar-refractivity contribution in [3.8, 4) is 0 Å². The summed E-state index contributed by atoms with van der Waals surface area (Å²) in [5.74, 6) is 0.202. The first-order chi connectivity index (χ1) is 49.2. The van der Waals surface area contributed by atoms with Gasteiger partial charge in [-0.25, -0.2) is 9.13 Å². The van der Waals surface area contributed by atoms with Crippen LogP contribution in [0.5, 0.6) is 0 Å². The number of carbonyl (C=O) groups is 4. The van der Waals surface area contributed by atoms with Gasteiger partial charge in [-0.3, -0.25) is 37.3 Å². The highest BCUT2D eigenvalue weighted by Crippen LogP contribution is 2.45. The molecule has 0 saturated carbocycles. The average molecular weight is 1490 g/mol. The van der Waals surface area contributed by atoms with E-state index in [4.69, 9.17) is 37.0 Å². The minimum Gasteiger partial charge on any atom is -0.462 e. The van der Waals surface area contributed by atoms with Crippen LogP contribution in [0, 0.1) is 17.8 Å². The highest BCUT2D eigenvalue weighted by Gasteiger charge is 2.30. The maximum absolute atomic E-state index is 13.1. The van der Waals surface area contributed by atoms with Crippen molar-refractivity contribution in [2.75, 3.05) is 39.6 Å². The summed E-state index contributed by atoms with van der Waals surface area (Å²) < 4.78 is 68.7. The molecule has 0 aromatic carbocycles. The van der Waals surface area contributed by atoms with Gasteiger partial charge in [0.05, 0.1) is 26.4 Å². The Kier molecular flexibility index (Phi) is 71.8. The molecule has 606 valence electrons. The van der Waals surface area contributed by atoms with Crippen LogP contribution in [-0.4, -0.2) is 96.7 Å². The molecule has 2 unspecified atom stereocenters. The molecule has 0 spiro atoms. The highest BCUT2D eigenvalue weighted by molar-refractivity contribution is 7.47. The van der Waals surface area contributed by atoms with Crippen LogP contribution in [0.4, 0.5) is 0 Å². The molecule has 0 aliphatic rings. The van der Waals surface area contributed by atoms with Crippen molar-refractivity contribution in [3.05, 3.63) is 0 Å². The van der Waals surface area contributed by atoms with Gasteiger partial charge < -0.3 is 33.8 Å². The molecule has 102 heavy (non-hydrogen) atoms. The van der Waals surface area contributed by atoms with Gasteiger partial charge in [0.25, 0.3) is 0 Å². The lowest BCUT2D eigenvalue weighted by Crippen LogP contribution is -2.30. The molecule has 17 nitrogen and oxygen atoms in total. The van der Waals surface area contributed by atoms with E-state index in [2.05, 4.69) is 48.5 Å². The predicted octanol–water partition coefficient (Wildman–Crippen LogP) is 24.9. The second kappa shape index (κ2) is 73.2. The number of phosphoric ester groups is 2. The minimum atomic E-state index is -4.96. The molecular formula is C83H162O17P2. The normalized spacial score (nSPS) is 13.9. The molecule has 0 aliphatic carbocycles. The summed E-state index contributed by atoms with van der Waals surface area (Å²) in [5.41, 5.74) is 0. The monoisotopic (exact) mass is 1490 g/mol. The average Bonchev–Trinajstić information content (AvgIpc) is 1.02. The lowest BCUT2D eigenvalue weighted by atomic mass is 10.0. The van der Waals surface area contributed by atoms with E-state index < -0.39 is 97.5 Å². The first-order valence-electron chi connectivity index (χ1n) is 42.8. The molecule has 0 bridgehead atoms. The quantitative estimate of drug-likeness (QED) is 0.0222. The first kappa shape index (κ1) is 100. The highest BCUT2D eigenvalue weighted by atomic mass is 31.2. The molecule has 5 atom stereocenters. The number of unbranched alkanes of at least 4 members (excludes halogenated alkanes) is 49. The molecule has 0 aromatic heterocycles. The van der Waals surface area contributed by atoms with Crippen molar-refractivity contribution in [2.24, 2.45) is 17.8 Å². The number of esters is 4. The second-order valence-corrected chi connectivity index (χ2v) is 34.2. The van der Waals surface area contributed by atoms with Crippen molar-refractivity contribution in [3.63, 3.8) is 0 Å². The van der Waals surface area contributed by atoms with E-state index in [0.29, 0.717) is 31.6 Å². The predicted molar refractivity (Wildman–Crippen MR) is 418 cm³/mol. The number of hydrogen-bond donors (Lipinski definition) is 3. The van der Waals surface area contributed by atoms with E-state index in [0.717, 1.165) is 108 Å². The van der Waals surface area contributed by atoms with Crippen LogP contribution in [0.2, 0.25) is 0 Å². The number of aliphatic hydroxyl groups is 1. The summed E-state index contributed by atoms with van der Waals surface area (Å²) in [6.45, 7) is 11.9.